The summed E-state index contributed by atoms with van der Waals surface area (Å²) in [6, 6.07) is 9.03. The molecule has 2 N–H and O–H groups in total. The number of hydrogen-bond donors (Lipinski definition) is 2. The van der Waals surface area contributed by atoms with Gasteiger partial charge >= 0.3 is 5.97 Å². The number of fused-ring (bicyclic) bond motifs is 1. The van der Waals surface area contributed by atoms with Gasteiger partial charge in [-0.1, -0.05) is 24.6 Å². The van der Waals surface area contributed by atoms with Crippen LogP contribution in [0.4, 0.5) is 11.4 Å². The smallest absolute Gasteiger partial charge is 0.323 e. The van der Waals surface area contributed by atoms with Gasteiger partial charge in [0.2, 0.25) is 11.8 Å². The van der Waals surface area contributed by atoms with E-state index in [9.17, 15) is 14.4 Å². The average molecular weight is 380 g/mol. The highest BCUT2D eigenvalue weighted by Gasteiger charge is 2.37. The normalized spacial score (nSPS) is 15.0. The topological polar surface area (TPSA) is 84.5 Å². The zero-order valence-electron chi connectivity index (χ0n) is 16.5. The monoisotopic (exact) mass is 380 g/mol. The molecule has 6 heteroatoms. The molecule has 1 atom stereocenters. The molecule has 1 heterocycles. The number of carbonyl (C=O) groups is 3. The lowest BCUT2D eigenvalue weighted by molar-refractivity contribution is -0.133. The quantitative estimate of drug-likeness (QED) is 0.605. The van der Waals surface area contributed by atoms with Crippen molar-refractivity contribution >= 4 is 29.2 Å². The van der Waals surface area contributed by atoms with Crippen LogP contribution in [-0.2, 0) is 14.4 Å². The van der Waals surface area contributed by atoms with Crippen molar-refractivity contribution < 1.29 is 19.1 Å². The first-order chi connectivity index (χ1) is 13.3. The van der Waals surface area contributed by atoms with Crippen LogP contribution >= 0.6 is 0 Å². The third-order valence-electron chi connectivity index (χ3n) is 4.63. The van der Waals surface area contributed by atoms with Crippen LogP contribution < -0.4 is 15.4 Å². The van der Waals surface area contributed by atoms with Gasteiger partial charge in [-0.15, -0.1) is 0 Å². The Labute approximate surface area is 164 Å². The maximum atomic E-state index is 12.8. The molecule has 0 bridgehead atoms. The molecule has 2 amide bonds. The predicted molar refractivity (Wildman–Crippen MR) is 108 cm³/mol. The van der Waals surface area contributed by atoms with Crippen molar-refractivity contribution in [3.8, 4) is 5.75 Å². The third-order valence-corrected chi connectivity index (χ3v) is 4.63. The Morgan fingerprint density at radius 2 is 1.82 bits per heavy atom. The lowest BCUT2D eigenvalue weighted by Gasteiger charge is -2.17. The standard InChI is InChI=1S/C22H24N2O4/c1-5-6-19(26)24-18-8-7-15(23-14(4)25)11-16(18)20-17-10-12(2)9-13(3)21(17)28-22(20)27/h7-11,20H,5-6H2,1-4H3,(H,23,25)(H,24,26). The Morgan fingerprint density at radius 3 is 2.50 bits per heavy atom. The van der Waals surface area contributed by atoms with Crippen molar-refractivity contribution in [3.05, 3.63) is 52.6 Å². The summed E-state index contributed by atoms with van der Waals surface area (Å²) in [7, 11) is 0. The van der Waals surface area contributed by atoms with Gasteiger partial charge in [-0.3, -0.25) is 14.4 Å². The van der Waals surface area contributed by atoms with Crippen LogP contribution in [0.25, 0.3) is 0 Å². The fraction of sp³-hybridized carbons (Fsp3) is 0.318. The zero-order valence-corrected chi connectivity index (χ0v) is 16.5. The Balaban J connectivity index is 2.12. The molecule has 0 spiro atoms. The van der Waals surface area contributed by atoms with Crippen molar-refractivity contribution in [1.82, 2.24) is 0 Å². The fourth-order valence-corrected chi connectivity index (χ4v) is 3.56. The van der Waals surface area contributed by atoms with E-state index in [1.165, 1.54) is 6.92 Å². The lowest BCUT2D eigenvalue weighted by atomic mass is 9.89. The highest BCUT2D eigenvalue weighted by atomic mass is 16.5. The van der Waals surface area contributed by atoms with E-state index in [1.807, 2.05) is 32.9 Å². The maximum Gasteiger partial charge on any atom is 0.323 e. The number of ether oxygens (including phenoxy) is 1. The second-order valence-corrected chi connectivity index (χ2v) is 7.14. The number of anilines is 2. The van der Waals surface area contributed by atoms with Crippen molar-refractivity contribution in [2.45, 2.75) is 46.5 Å². The minimum atomic E-state index is -0.667. The summed E-state index contributed by atoms with van der Waals surface area (Å²) in [6.45, 7) is 7.21. The molecule has 2 aromatic rings. The van der Waals surface area contributed by atoms with Gasteiger partial charge in [0.1, 0.15) is 11.7 Å². The Morgan fingerprint density at radius 1 is 1.07 bits per heavy atom. The van der Waals surface area contributed by atoms with Gasteiger partial charge < -0.3 is 15.4 Å². The van der Waals surface area contributed by atoms with Gasteiger partial charge in [0, 0.05) is 30.3 Å². The SMILES string of the molecule is CCCC(=O)Nc1ccc(NC(C)=O)cc1C1C(=O)Oc2c(C)cc(C)cc21. The lowest BCUT2D eigenvalue weighted by Crippen LogP contribution is -2.18. The van der Waals surface area contributed by atoms with E-state index in [1.54, 1.807) is 18.2 Å². The molecule has 1 aliphatic rings. The molecule has 2 aromatic carbocycles. The van der Waals surface area contributed by atoms with Crippen LogP contribution in [0.3, 0.4) is 0 Å². The Hall–Kier alpha value is -3.15. The summed E-state index contributed by atoms with van der Waals surface area (Å²) in [5, 5.41) is 5.62. The summed E-state index contributed by atoms with van der Waals surface area (Å²) < 4.78 is 5.55. The number of aryl methyl sites for hydroxylation is 2. The summed E-state index contributed by atoms with van der Waals surface area (Å²) >= 11 is 0. The number of benzene rings is 2. The molecule has 6 nitrogen and oxygen atoms in total. The van der Waals surface area contributed by atoms with Gasteiger partial charge in [-0.2, -0.15) is 0 Å². The minimum Gasteiger partial charge on any atom is -0.425 e. The molecule has 1 aliphatic heterocycles. The van der Waals surface area contributed by atoms with Crippen LogP contribution in [0.5, 0.6) is 5.75 Å². The second-order valence-electron chi connectivity index (χ2n) is 7.14. The van der Waals surface area contributed by atoms with E-state index in [0.717, 1.165) is 23.1 Å². The number of rotatable bonds is 5. The molecule has 0 saturated carbocycles. The Bertz CT molecular complexity index is 965. The molecule has 1 unspecified atom stereocenters. The highest BCUT2D eigenvalue weighted by Crippen LogP contribution is 2.44. The summed E-state index contributed by atoms with van der Waals surface area (Å²) in [6.07, 6.45) is 1.11. The first-order valence-corrected chi connectivity index (χ1v) is 9.34. The highest BCUT2D eigenvalue weighted by molar-refractivity contribution is 5.97. The zero-order chi connectivity index (χ0) is 20.4. The second kappa shape index (κ2) is 7.84. The van der Waals surface area contributed by atoms with Crippen molar-refractivity contribution in [2.24, 2.45) is 0 Å². The summed E-state index contributed by atoms with van der Waals surface area (Å²) in [4.78, 5) is 36.4. The molecule has 0 aromatic heterocycles. The molecule has 0 aliphatic carbocycles. The van der Waals surface area contributed by atoms with E-state index in [-0.39, 0.29) is 11.8 Å². The van der Waals surface area contributed by atoms with Crippen molar-refractivity contribution in [1.29, 1.82) is 0 Å². The molecule has 0 fully saturated rings. The summed E-state index contributed by atoms with van der Waals surface area (Å²) in [5.41, 5.74) is 4.38. The predicted octanol–water partition coefficient (Wildman–Crippen LogP) is 4.05. The van der Waals surface area contributed by atoms with Crippen molar-refractivity contribution in [2.75, 3.05) is 10.6 Å². The van der Waals surface area contributed by atoms with E-state index < -0.39 is 11.9 Å². The van der Waals surface area contributed by atoms with Crippen LogP contribution in [0, 0.1) is 13.8 Å². The van der Waals surface area contributed by atoms with E-state index in [4.69, 9.17) is 4.74 Å². The Kier molecular flexibility index (Phi) is 5.49. The molecule has 0 radical (unpaired) electrons. The van der Waals surface area contributed by atoms with Crippen molar-refractivity contribution in [3.63, 3.8) is 0 Å². The first-order valence-electron chi connectivity index (χ1n) is 9.34. The van der Waals surface area contributed by atoms with Crippen LogP contribution in [-0.4, -0.2) is 17.8 Å². The van der Waals surface area contributed by atoms with E-state index >= 15 is 0 Å². The van der Waals surface area contributed by atoms with Crippen LogP contribution in [0.2, 0.25) is 0 Å². The van der Waals surface area contributed by atoms with Gasteiger partial charge in [0.05, 0.1) is 0 Å². The maximum absolute atomic E-state index is 12.8. The number of esters is 1. The molecule has 146 valence electrons. The average Bonchev–Trinajstić information content (AvgIpc) is 2.92. The van der Waals surface area contributed by atoms with Gasteiger partial charge in [-0.25, -0.2) is 0 Å². The number of carbonyl (C=O) groups excluding carboxylic acids is 3. The molecule has 0 saturated heterocycles. The van der Waals surface area contributed by atoms with E-state index in [0.29, 0.717) is 29.1 Å². The number of amides is 2. The molecular weight excluding hydrogens is 356 g/mol. The minimum absolute atomic E-state index is 0.122. The van der Waals surface area contributed by atoms with Crippen LogP contribution in [0.1, 0.15) is 54.9 Å². The number of nitrogens with one attached hydrogen (secondary N) is 2. The van der Waals surface area contributed by atoms with Crippen LogP contribution in [0.15, 0.2) is 30.3 Å². The van der Waals surface area contributed by atoms with Gasteiger partial charge in [0.25, 0.3) is 0 Å². The van der Waals surface area contributed by atoms with E-state index in [2.05, 4.69) is 10.6 Å². The van der Waals surface area contributed by atoms with Gasteiger partial charge in [-0.05, 0) is 49.6 Å². The molecular formula is C22H24N2O4. The largest absolute Gasteiger partial charge is 0.425 e. The third kappa shape index (κ3) is 3.91. The molecule has 28 heavy (non-hydrogen) atoms. The fourth-order valence-electron chi connectivity index (χ4n) is 3.56. The van der Waals surface area contributed by atoms with Gasteiger partial charge in [0.15, 0.2) is 0 Å². The molecule has 3 rings (SSSR count). The number of hydrogen-bond acceptors (Lipinski definition) is 4. The summed E-state index contributed by atoms with van der Waals surface area (Å²) in [5.74, 6) is -0.830. The first kappa shape index (κ1) is 19.6.